The van der Waals surface area contributed by atoms with Gasteiger partial charge in [0.2, 0.25) is 0 Å². The minimum Gasteiger partial charge on any atom is -0.443 e. The molecule has 0 bridgehead atoms. The molecule has 0 aromatic carbocycles. The Kier molecular flexibility index (Phi) is 6.10. The highest BCUT2D eigenvalue weighted by Crippen LogP contribution is 2.33. The van der Waals surface area contributed by atoms with Crippen molar-refractivity contribution in [2.75, 3.05) is 11.2 Å². The van der Waals surface area contributed by atoms with Gasteiger partial charge in [0.1, 0.15) is 15.7 Å². The van der Waals surface area contributed by atoms with Gasteiger partial charge in [0.15, 0.2) is 16.6 Å². The molecule has 2 amide bonds. The number of nitrogens with zero attached hydrogens (tertiary/aromatic N) is 4. The van der Waals surface area contributed by atoms with Gasteiger partial charge in [-0.3, -0.25) is 4.40 Å². The Labute approximate surface area is 170 Å². The molecule has 0 aliphatic rings. The summed E-state index contributed by atoms with van der Waals surface area (Å²) >= 11 is 4.76. The van der Waals surface area contributed by atoms with Gasteiger partial charge in [0.05, 0.1) is 0 Å². The van der Waals surface area contributed by atoms with Crippen molar-refractivity contribution in [3.05, 3.63) is 16.9 Å². The van der Waals surface area contributed by atoms with E-state index in [9.17, 15) is 9.59 Å². The summed E-state index contributed by atoms with van der Waals surface area (Å²) < 4.78 is 12.9. The molecule has 0 aliphatic heterocycles. The number of thioether (sulfide) groups is 1. The third kappa shape index (κ3) is 5.13. The van der Waals surface area contributed by atoms with Gasteiger partial charge >= 0.3 is 12.2 Å². The second-order valence-corrected chi connectivity index (χ2v) is 9.22. The molecule has 2 aromatic rings. The Hall–Kier alpha value is -1.81. The zero-order valence-electron chi connectivity index (χ0n) is 16.4. The van der Waals surface area contributed by atoms with Crippen LogP contribution in [0.5, 0.6) is 0 Å². The van der Waals surface area contributed by atoms with E-state index < -0.39 is 23.4 Å². The number of rotatable bonds is 2. The highest BCUT2D eigenvalue weighted by atomic mass is 79.9. The Bertz CT molecular complexity index is 842. The van der Waals surface area contributed by atoms with Crippen molar-refractivity contribution in [3.63, 3.8) is 0 Å². The quantitative estimate of drug-likeness (QED) is 0.467. The molecule has 0 aliphatic carbocycles. The Morgan fingerprint density at radius 2 is 1.63 bits per heavy atom. The van der Waals surface area contributed by atoms with E-state index in [1.54, 1.807) is 58.3 Å². The predicted molar refractivity (Wildman–Crippen MR) is 107 cm³/mol. The molecular weight excluding hydrogens is 436 g/mol. The minimum atomic E-state index is -0.882. The van der Waals surface area contributed by atoms with Crippen LogP contribution >= 0.6 is 27.7 Å². The fourth-order valence-electron chi connectivity index (χ4n) is 2.07. The van der Waals surface area contributed by atoms with Gasteiger partial charge in [-0.15, -0.1) is 0 Å². The van der Waals surface area contributed by atoms with Crippen LogP contribution in [-0.2, 0) is 9.47 Å². The molecule has 0 radical (unpaired) electrons. The van der Waals surface area contributed by atoms with Crippen LogP contribution in [0.4, 0.5) is 15.4 Å². The molecule has 2 rings (SSSR count). The highest BCUT2D eigenvalue weighted by Gasteiger charge is 2.36. The number of hydrogen-bond acceptors (Lipinski definition) is 7. The summed E-state index contributed by atoms with van der Waals surface area (Å²) in [5.74, 6) is 0.0570. The summed E-state index contributed by atoms with van der Waals surface area (Å²) in [6.45, 7) is 10.3. The molecule has 10 heteroatoms. The number of imidazole rings is 1. The summed E-state index contributed by atoms with van der Waals surface area (Å²) in [6, 6.07) is 0. The maximum atomic E-state index is 12.8. The lowest BCUT2D eigenvalue weighted by Crippen LogP contribution is -2.44. The average Bonchev–Trinajstić information content (AvgIpc) is 2.96. The summed E-state index contributed by atoms with van der Waals surface area (Å²) in [5, 5.41) is 0.554. The summed E-state index contributed by atoms with van der Waals surface area (Å²) in [6.07, 6.45) is 3.43. The third-order valence-corrected chi connectivity index (χ3v) is 4.35. The number of fused-ring (bicyclic) bond motifs is 1. The molecule has 148 valence electrons. The first-order chi connectivity index (χ1) is 12.3. The average molecular weight is 459 g/mol. The molecule has 0 unspecified atom stereocenters. The van der Waals surface area contributed by atoms with Crippen LogP contribution in [0.1, 0.15) is 41.5 Å². The zero-order valence-corrected chi connectivity index (χ0v) is 18.8. The molecule has 2 heterocycles. The van der Waals surface area contributed by atoms with Crippen LogP contribution in [0, 0.1) is 0 Å². The lowest BCUT2D eigenvalue weighted by Gasteiger charge is -2.28. The van der Waals surface area contributed by atoms with Gasteiger partial charge < -0.3 is 9.47 Å². The SMILES string of the molecule is CSc1nc(N(C(=O)OC(C)(C)C)C(=O)OC(C)(C)C)c(Br)c2nccn12. The molecule has 8 nitrogen and oxygen atoms in total. The fraction of sp³-hybridized carbons (Fsp3) is 0.529. The Morgan fingerprint density at radius 1 is 1.11 bits per heavy atom. The maximum absolute atomic E-state index is 12.8. The number of carbonyl (C=O) groups excluding carboxylic acids is 2. The largest absolute Gasteiger partial charge is 0.443 e. The van der Waals surface area contributed by atoms with Crippen molar-refractivity contribution in [1.29, 1.82) is 0 Å². The van der Waals surface area contributed by atoms with E-state index in [4.69, 9.17) is 9.47 Å². The number of anilines is 1. The first-order valence-corrected chi connectivity index (χ1v) is 10.2. The number of halogens is 1. The van der Waals surface area contributed by atoms with Gasteiger partial charge in [-0.25, -0.2) is 19.6 Å². The van der Waals surface area contributed by atoms with Gasteiger partial charge in [-0.2, -0.15) is 4.90 Å². The van der Waals surface area contributed by atoms with Crippen LogP contribution in [0.25, 0.3) is 5.65 Å². The van der Waals surface area contributed by atoms with Crippen LogP contribution < -0.4 is 4.90 Å². The molecule has 2 aromatic heterocycles. The first kappa shape index (κ1) is 21.5. The molecule has 27 heavy (non-hydrogen) atoms. The number of aromatic nitrogens is 3. The van der Waals surface area contributed by atoms with Crippen molar-refractivity contribution in [2.24, 2.45) is 0 Å². The van der Waals surface area contributed by atoms with Crippen molar-refractivity contribution in [2.45, 2.75) is 57.9 Å². The van der Waals surface area contributed by atoms with Gasteiger partial charge in [-0.05, 0) is 63.7 Å². The summed E-state index contributed by atoms with van der Waals surface area (Å²) in [7, 11) is 0. The lowest BCUT2D eigenvalue weighted by molar-refractivity contribution is 0.0428. The number of ether oxygens (including phenoxy) is 2. The molecular formula is C17H23BrN4O4S. The summed E-state index contributed by atoms with van der Waals surface area (Å²) in [5.41, 5.74) is -1.09. The lowest BCUT2D eigenvalue weighted by atomic mass is 10.2. The van der Waals surface area contributed by atoms with Crippen LogP contribution in [-0.4, -0.2) is 44.0 Å². The topological polar surface area (TPSA) is 86.0 Å². The monoisotopic (exact) mass is 458 g/mol. The van der Waals surface area contributed by atoms with E-state index >= 15 is 0 Å². The minimum absolute atomic E-state index is 0.0570. The zero-order chi connectivity index (χ0) is 20.6. The molecule has 0 spiro atoms. The molecule has 0 saturated heterocycles. The van der Waals surface area contributed by atoms with Crippen LogP contribution in [0.3, 0.4) is 0 Å². The van der Waals surface area contributed by atoms with E-state index in [1.807, 2.05) is 6.26 Å². The maximum Gasteiger partial charge on any atom is 0.425 e. The second-order valence-electron chi connectivity index (χ2n) is 7.65. The fourth-order valence-corrected chi connectivity index (χ4v) is 3.15. The Morgan fingerprint density at radius 3 is 2.07 bits per heavy atom. The van der Waals surface area contributed by atoms with E-state index in [2.05, 4.69) is 25.9 Å². The van der Waals surface area contributed by atoms with Crippen LogP contribution in [0.2, 0.25) is 0 Å². The van der Waals surface area contributed by atoms with Crippen molar-refractivity contribution >= 4 is 51.3 Å². The number of imide groups is 1. The first-order valence-electron chi connectivity index (χ1n) is 8.16. The van der Waals surface area contributed by atoms with Crippen LogP contribution in [0.15, 0.2) is 22.0 Å². The van der Waals surface area contributed by atoms with Crippen molar-refractivity contribution in [3.8, 4) is 0 Å². The normalized spacial score (nSPS) is 12.1. The second kappa shape index (κ2) is 7.67. The van der Waals surface area contributed by atoms with E-state index in [0.29, 0.717) is 15.3 Å². The predicted octanol–water partition coefficient (Wildman–Crippen LogP) is 4.89. The molecule has 0 saturated carbocycles. The van der Waals surface area contributed by atoms with Crippen molar-refractivity contribution < 1.29 is 19.1 Å². The van der Waals surface area contributed by atoms with E-state index in [0.717, 1.165) is 4.90 Å². The number of amides is 2. The van der Waals surface area contributed by atoms with E-state index in [-0.39, 0.29) is 5.82 Å². The molecule has 0 N–H and O–H groups in total. The smallest absolute Gasteiger partial charge is 0.425 e. The summed E-state index contributed by atoms with van der Waals surface area (Å²) in [4.78, 5) is 35.2. The van der Waals surface area contributed by atoms with Crippen molar-refractivity contribution in [1.82, 2.24) is 14.4 Å². The number of hydrogen-bond donors (Lipinski definition) is 0. The standard InChI is InChI=1S/C17H23BrN4O4S/c1-16(2,3)25-14(23)22(15(24)26-17(4,5)6)12-10(18)11-19-8-9-21(11)13(20-12)27-7/h8-9H,1-7H3. The Balaban J connectivity index is 2.62. The number of carbonyl (C=O) groups is 2. The highest BCUT2D eigenvalue weighted by molar-refractivity contribution is 9.10. The van der Waals surface area contributed by atoms with E-state index in [1.165, 1.54) is 11.8 Å². The molecule has 0 fully saturated rings. The molecule has 0 atom stereocenters. The van der Waals surface area contributed by atoms with Gasteiger partial charge in [0, 0.05) is 12.4 Å². The van der Waals surface area contributed by atoms with Gasteiger partial charge in [0.25, 0.3) is 0 Å². The third-order valence-electron chi connectivity index (χ3n) is 2.99. The van der Waals surface area contributed by atoms with Gasteiger partial charge in [-0.1, -0.05) is 11.8 Å².